The van der Waals surface area contributed by atoms with Crippen LogP contribution in [0.15, 0.2) is 66.1 Å². The molecule has 1 aliphatic carbocycles. The van der Waals surface area contributed by atoms with Gasteiger partial charge >= 0.3 is 6.09 Å². The molecule has 12 heteroatoms. The summed E-state index contributed by atoms with van der Waals surface area (Å²) in [5, 5.41) is 2.57. The standard InChI is InChI=1S/C38H52FN5O5S/c1-5-36(45)44-24-33(25-44)50(47,48)32-14-12-31(13-15-32)43-22-27(23-43)21-42-18-16-28(17-19-42)38(26-41(2)3,29-8-6-9-30(39)20-29)34-10-7-11-35(34)40-37(46)49-4/h5-6,8-9,12-15,20,27-28,33-35H,1,7,10-11,16-19,21-26H2,2-4H3,(H,40,46)/t34-,35-,38-/m0/s1. The number of nitrogens with zero attached hydrogens (tertiary/aromatic N) is 4. The van der Waals surface area contributed by atoms with Crippen LogP contribution in [0, 0.1) is 23.6 Å². The zero-order valence-electron chi connectivity index (χ0n) is 29.6. The van der Waals surface area contributed by atoms with Crippen LogP contribution in [-0.4, -0.2) is 120 Å². The third kappa shape index (κ3) is 7.29. The first-order chi connectivity index (χ1) is 23.9. The lowest BCUT2D eigenvalue weighted by molar-refractivity contribution is -0.129. The number of halogens is 1. The first-order valence-electron chi connectivity index (χ1n) is 17.9. The molecule has 3 aliphatic heterocycles. The van der Waals surface area contributed by atoms with Crippen LogP contribution >= 0.6 is 0 Å². The van der Waals surface area contributed by atoms with Crippen LogP contribution in [0.4, 0.5) is 14.9 Å². The Balaban J connectivity index is 1.07. The van der Waals surface area contributed by atoms with Gasteiger partial charge in [0.2, 0.25) is 5.91 Å². The maximum atomic E-state index is 14.9. The number of rotatable bonds is 12. The number of benzene rings is 2. The highest BCUT2D eigenvalue weighted by Crippen LogP contribution is 2.51. The molecule has 3 atom stereocenters. The van der Waals surface area contributed by atoms with Crippen molar-refractivity contribution >= 4 is 27.5 Å². The molecule has 3 saturated heterocycles. The van der Waals surface area contributed by atoms with Gasteiger partial charge in [0, 0.05) is 62.3 Å². The Bertz CT molecular complexity index is 1630. The molecule has 0 bridgehead atoms. The zero-order valence-corrected chi connectivity index (χ0v) is 30.4. The van der Waals surface area contributed by atoms with E-state index in [9.17, 15) is 22.4 Å². The van der Waals surface area contributed by atoms with Gasteiger partial charge in [-0.2, -0.15) is 0 Å². The van der Waals surface area contributed by atoms with Gasteiger partial charge in [0.1, 0.15) is 11.1 Å². The van der Waals surface area contributed by atoms with Crippen molar-refractivity contribution in [2.24, 2.45) is 17.8 Å². The molecule has 3 heterocycles. The third-order valence-electron chi connectivity index (χ3n) is 11.7. The number of anilines is 1. The molecule has 0 aromatic heterocycles. The molecule has 2 amide bonds. The second-order valence-electron chi connectivity index (χ2n) is 15.0. The maximum absolute atomic E-state index is 14.9. The number of carbonyl (C=O) groups is 2. The highest BCUT2D eigenvalue weighted by atomic mass is 32.2. The van der Waals surface area contributed by atoms with E-state index in [1.165, 1.54) is 24.2 Å². The Morgan fingerprint density at radius 3 is 2.36 bits per heavy atom. The Kier molecular flexibility index (Phi) is 10.9. The fraction of sp³-hybridized carbons (Fsp3) is 0.579. The van der Waals surface area contributed by atoms with Crippen LogP contribution in [0.25, 0.3) is 0 Å². The normalized spacial score (nSPS) is 23.6. The van der Waals surface area contributed by atoms with E-state index in [0.29, 0.717) is 16.7 Å². The molecule has 2 aromatic rings. The summed E-state index contributed by atoms with van der Waals surface area (Å²) in [6.45, 7) is 9.44. The number of likely N-dealkylation sites (N-methyl/N-ethyl adjacent to an activating group) is 1. The predicted molar refractivity (Wildman–Crippen MR) is 192 cm³/mol. The quantitative estimate of drug-likeness (QED) is 0.328. The van der Waals surface area contributed by atoms with Crippen molar-refractivity contribution < 1.29 is 27.1 Å². The highest BCUT2D eigenvalue weighted by molar-refractivity contribution is 7.92. The summed E-state index contributed by atoms with van der Waals surface area (Å²) >= 11 is 0. The first-order valence-corrected chi connectivity index (χ1v) is 19.5. The maximum Gasteiger partial charge on any atom is 0.407 e. The van der Waals surface area contributed by atoms with Crippen LogP contribution in [0.1, 0.15) is 37.7 Å². The summed E-state index contributed by atoms with van der Waals surface area (Å²) in [4.78, 5) is 33.0. The molecule has 272 valence electrons. The van der Waals surface area contributed by atoms with Crippen LogP contribution < -0.4 is 10.2 Å². The number of hydrogen-bond acceptors (Lipinski definition) is 8. The molecule has 6 rings (SSSR count). The molecule has 4 fully saturated rings. The van der Waals surface area contributed by atoms with Gasteiger partial charge in [-0.05, 0) is 113 Å². The molecule has 1 saturated carbocycles. The van der Waals surface area contributed by atoms with Crippen LogP contribution in [0.5, 0.6) is 0 Å². The van der Waals surface area contributed by atoms with Crippen LogP contribution in [0.3, 0.4) is 0 Å². The smallest absolute Gasteiger partial charge is 0.407 e. The topological polar surface area (TPSA) is 103 Å². The number of hydrogen-bond donors (Lipinski definition) is 1. The average molecular weight is 710 g/mol. The van der Waals surface area contributed by atoms with E-state index in [1.807, 2.05) is 18.2 Å². The summed E-state index contributed by atoms with van der Waals surface area (Å²) in [6, 6.07) is 14.3. The fourth-order valence-corrected chi connectivity index (χ4v) is 10.9. The number of nitrogens with one attached hydrogen (secondary N) is 1. The van der Waals surface area contributed by atoms with Crippen molar-refractivity contribution in [3.63, 3.8) is 0 Å². The van der Waals surface area contributed by atoms with E-state index >= 15 is 0 Å². The molecule has 0 unspecified atom stereocenters. The summed E-state index contributed by atoms with van der Waals surface area (Å²) in [5.41, 5.74) is 1.72. The van der Waals surface area contributed by atoms with Crippen molar-refractivity contribution in [1.82, 2.24) is 20.0 Å². The summed E-state index contributed by atoms with van der Waals surface area (Å²) in [6.07, 6.45) is 5.67. The number of piperidine rings is 1. The van der Waals surface area contributed by atoms with Crippen molar-refractivity contribution in [1.29, 1.82) is 0 Å². The SMILES string of the molecule is C=CC(=O)N1CC(S(=O)(=O)c2ccc(N3CC(CN4CCC([C@@](CN(C)C)(c5cccc(F)c5)[C@H]5CCC[C@@H]5NC(=O)OC)CC4)C3)cc2)C1. The van der Waals surface area contributed by atoms with E-state index in [0.717, 1.165) is 82.6 Å². The van der Waals surface area contributed by atoms with Gasteiger partial charge in [0.25, 0.3) is 0 Å². The fourth-order valence-electron chi connectivity index (χ4n) is 9.23. The van der Waals surface area contributed by atoms with E-state index < -0.39 is 21.2 Å². The number of amides is 2. The van der Waals surface area contributed by atoms with E-state index in [1.54, 1.807) is 18.2 Å². The van der Waals surface area contributed by atoms with Gasteiger partial charge in [0.15, 0.2) is 9.84 Å². The molecular formula is C38H52FN5O5S. The summed E-state index contributed by atoms with van der Waals surface area (Å²) < 4.78 is 46.0. The average Bonchev–Trinajstić information content (AvgIpc) is 3.52. The Hall–Kier alpha value is -3.48. The number of likely N-dealkylation sites (tertiary alicyclic amines) is 2. The van der Waals surface area contributed by atoms with E-state index in [-0.39, 0.29) is 42.2 Å². The monoisotopic (exact) mass is 709 g/mol. The molecule has 4 aliphatic rings. The lowest BCUT2D eigenvalue weighted by atomic mass is 9.58. The summed E-state index contributed by atoms with van der Waals surface area (Å²) in [5.74, 6) is 0.546. The van der Waals surface area contributed by atoms with E-state index in [4.69, 9.17) is 4.74 Å². The van der Waals surface area contributed by atoms with Gasteiger partial charge in [-0.15, -0.1) is 0 Å². The lowest BCUT2D eigenvalue weighted by Crippen LogP contribution is -2.58. The minimum atomic E-state index is -3.49. The molecule has 1 N–H and O–H groups in total. The Morgan fingerprint density at radius 2 is 1.74 bits per heavy atom. The number of methoxy groups -OCH3 is 1. The Labute approximate surface area is 296 Å². The molecular weight excluding hydrogens is 658 g/mol. The summed E-state index contributed by atoms with van der Waals surface area (Å²) in [7, 11) is 2.09. The van der Waals surface area contributed by atoms with Gasteiger partial charge < -0.3 is 29.7 Å². The lowest BCUT2D eigenvalue weighted by Gasteiger charge is -2.52. The number of ether oxygens (including phenoxy) is 1. The van der Waals surface area contributed by atoms with Crippen molar-refractivity contribution in [3.05, 3.63) is 72.6 Å². The highest BCUT2D eigenvalue weighted by Gasteiger charge is 2.52. The van der Waals surface area contributed by atoms with Gasteiger partial charge in [-0.1, -0.05) is 25.1 Å². The van der Waals surface area contributed by atoms with Crippen molar-refractivity contribution in [3.8, 4) is 0 Å². The van der Waals surface area contributed by atoms with Crippen molar-refractivity contribution in [2.75, 3.05) is 78.5 Å². The van der Waals surface area contributed by atoms with Crippen LogP contribution in [0.2, 0.25) is 0 Å². The van der Waals surface area contributed by atoms with E-state index in [2.05, 4.69) is 46.8 Å². The van der Waals surface area contributed by atoms with Gasteiger partial charge in [-0.3, -0.25) is 4.79 Å². The van der Waals surface area contributed by atoms with Crippen molar-refractivity contribution in [2.45, 2.75) is 53.7 Å². The second kappa shape index (κ2) is 15.0. The molecule has 50 heavy (non-hydrogen) atoms. The number of carbonyl (C=O) groups excluding carboxylic acids is 2. The minimum Gasteiger partial charge on any atom is -0.453 e. The third-order valence-corrected chi connectivity index (χ3v) is 13.8. The largest absolute Gasteiger partial charge is 0.453 e. The molecule has 0 radical (unpaired) electrons. The molecule has 2 aromatic carbocycles. The minimum absolute atomic E-state index is 0.0320. The molecule has 10 nitrogen and oxygen atoms in total. The van der Waals surface area contributed by atoms with Gasteiger partial charge in [0.05, 0.1) is 12.0 Å². The Morgan fingerprint density at radius 1 is 1.04 bits per heavy atom. The van der Waals surface area contributed by atoms with Crippen LogP contribution in [-0.2, 0) is 24.8 Å². The second-order valence-corrected chi connectivity index (χ2v) is 17.3. The number of sulfone groups is 1. The number of alkyl carbamates (subject to hydrolysis) is 1. The predicted octanol–water partition coefficient (Wildman–Crippen LogP) is 4.17. The van der Waals surface area contributed by atoms with Gasteiger partial charge in [-0.25, -0.2) is 17.6 Å². The first kappa shape index (κ1) is 36.3. The molecule has 0 spiro atoms. The zero-order chi connectivity index (χ0) is 35.6.